The molecule has 90 valence electrons. The summed E-state index contributed by atoms with van der Waals surface area (Å²) in [5.41, 5.74) is 0.542. The maximum atomic E-state index is 11.3. The number of carbonyl (C=O) groups excluding carboxylic acids is 2. The Labute approximate surface area is 108 Å². The molecule has 0 aliphatic carbocycles. The third-order valence-electron chi connectivity index (χ3n) is 1.89. The smallest absolute Gasteiger partial charge is 0.258 e. The van der Waals surface area contributed by atoms with E-state index in [1.54, 1.807) is 24.3 Å². The predicted molar refractivity (Wildman–Crippen MR) is 68.2 cm³/mol. The molecule has 0 atom stereocenters. The van der Waals surface area contributed by atoms with Crippen LogP contribution in [0.2, 0.25) is 0 Å². The number of rotatable bonds is 6. The first-order valence-corrected chi connectivity index (χ1v) is 5.71. The van der Waals surface area contributed by atoms with Gasteiger partial charge < -0.3 is 10.1 Å². The number of aldehydes is 1. The lowest BCUT2D eigenvalue weighted by atomic mass is 10.2. The number of carbonyl (C=O) groups is 2. The lowest BCUT2D eigenvalue weighted by molar-refractivity contribution is -0.122. The first kappa shape index (κ1) is 13.4. The van der Waals surface area contributed by atoms with Crippen LogP contribution in [0.15, 0.2) is 35.3 Å². The molecule has 1 aromatic carbocycles. The van der Waals surface area contributed by atoms with Crippen LogP contribution in [0.5, 0.6) is 5.75 Å². The second-order valence-corrected chi connectivity index (χ2v) is 4.04. The van der Waals surface area contributed by atoms with Gasteiger partial charge in [0.25, 0.3) is 5.91 Å². The SMILES string of the molecule is C=CCNC(=O)COc1ccc(C=O)cc1Br. The lowest BCUT2D eigenvalue weighted by Crippen LogP contribution is -2.28. The molecular formula is C12H12BrNO3. The van der Waals surface area contributed by atoms with Crippen molar-refractivity contribution in [3.8, 4) is 5.75 Å². The summed E-state index contributed by atoms with van der Waals surface area (Å²) in [5, 5.41) is 2.59. The first-order valence-electron chi connectivity index (χ1n) is 4.92. The van der Waals surface area contributed by atoms with E-state index >= 15 is 0 Å². The van der Waals surface area contributed by atoms with E-state index in [9.17, 15) is 9.59 Å². The minimum Gasteiger partial charge on any atom is -0.483 e. The number of ether oxygens (including phenoxy) is 1. The minimum absolute atomic E-state index is 0.0765. The van der Waals surface area contributed by atoms with Crippen LogP contribution in [0.25, 0.3) is 0 Å². The van der Waals surface area contributed by atoms with Gasteiger partial charge in [-0.15, -0.1) is 6.58 Å². The fourth-order valence-corrected chi connectivity index (χ4v) is 1.60. The quantitative estimate of drug-likeness (QED) is 0.645. The van der Waals surface area contributed by atoms with Crippen LogP contribution in [0.1, 0.15) is 10.4 Å². The van der Waals surface area contributed by atoms with Crippen molar-refractivity contribution in [1.82, 2.24) is 5.32 Å². The van der Waals surface area contributed by atoms with E-state index < -0.39 is 0 Å². The highest BCUT2D eigenvalue weighted by molar-refractivity contribution is 9.10. The van der Waals surface area contributed by atoms with Crippen LogP contribution < -0.4 is 10.1 Å². The second-order valence-electron chi connectivity index (χ2n) is 3.19. The van der Waals surface area contributed by atoms with Gasteiger partial charge in [-0.3, -0.25) is 9.59 Å². The highest BCUT2D eigenvalue weighted by atomic mass is 79.9. The summed E-state index contributed by atoms with van der Waals surface area (Å²) in [4.78, 5) is 21.8. The van der Waals surface area contributed by atoms with Gasteiger partial charge in [-0.2, -0.15) is 0 Å². The average Bonchev–Trinajstić information content (AvgIpc) is 2.34. The van der Waals surface area contributed by atoms with Gasteiger partial charge in [0.1, 0.15) is 12.0 Å². The number of benzene rings is 1. The molecule has 0 spiro atoms. The fourth-order valence-electron chi connectivity index (χ4n) is 1.09. The van der Waals surface area contributed by atoms with Crippen molar-refractivity contribution in [3.05, 3.63) is 40.9 Å². The van der Waals surface area contributed by atoms with E-state index in [-0.39, 0.29) is 12.5 Å². The third-order valence-corrected chi connectivity index (χ3v) is 2.51. The Hall–Kier alpha value is -1.62. The molecule has 4 nitrogen and oxygen atoms in total. The molecule has 0 fully saturated rings. The number of halogens is 1. The minimum atomic E-state index is -0.226. The molecule has 0 aromatic heterocycles. The molecule has 17 heavy (non-hydrogen) atoms. The van der Waals surface area contributed by atoms with Crippen molar-refractivity contribution in [2.45, 2.75) is 0 Å². The topological polar surface area (TPSA) is 55.4 Å². The summed E-state index contributed by atoms with van der Waals surface area (Å²) in [6.07, 6.45) is 2.33. The zero-order valence-electron chi connectivity index (χ0n) is 9.11. The predicted octanol–water partition coefficient (Wildman–Crippen LogP) is 1.94. The highest BCUT2D eigenvalue weighted by Gasteiger charge is 2.05. The molecule has 0 unspecified atom stereocenters. The van der Waals surface area contributed by atoms with E-state index in [1.807, 2.05) is 0 Å². The van der Waals surface area contributed by atoms with Crippen molar-refractivity contribution in [3.63, 3.8) is 0 Å². The number of nitrogens with one attached hydrogen (secondary N) is 1. The average molecular weight is 298 g/mol. The Kier molecular flexibility index (Phi) is 5.42. The molecule has 1 amide bonds. The van der Waals surface area contributed by atoms with E-state index in [2.05, 4.69) is 27.8 Å². The zero-order valence-corrected chi connectivity index (χ0v) is 10.7. The molecular weight excluding hydrogens is 286 g/mol. The molecule has 1 rings (SSSR count). The van der Waals surface area contributed by atoms with Gasteiger partial charge in [0.2, 0.25) is 0 Å². The van der Waals surface area contributed by atoms with Crippen LogP contribution in [-0.4, -0.2) is 25.3 Å². The summed E-state index contributed by atoms with van der Waals surface area (Å²) < 4.78 is 5.92. The molecule has 0 radical (unpaired) electrons. The summed E-state index contributed by atoms with van der Waals surface area (Å²) in [5.74, 6) is 0.292. The van der Waals surface area contributed by atoms with Crippen molar-refractivity contribution < 1.29 is 14.3 Å². The Morgan fingerprint density at radius 3 is 2.88 bits per heavy atom. The number of hydrogen-bond acceptors (Lipinski definition) is 3. The third kappa shape index (κ3) is 4.40. The summed E-state index contributed by atoms with van der Waals surface area (Å²) in [6.45, 7) is 3.82. The summed E-state index contributed by atoms with van der Waals surface area (Å²) in [6, 6.07) is 4.88. The van der Waals surface area contributed by atoms with Crippen LogP contribution >= 0.6 is 15.9 Å². The molecule has 1 N–H and O–H groups in total. The molecule has 0 saturated heterocycles. The van der Waals surface area contributed by atoms with Gasteiger partial charge >= 0.3 is 0 Å². The van der Waals surface area contributed by atoms with Gasteiger partial charge in [0.05, 0.1) is 4.47 Å². The van der Waals surface area contributed by atoms with Crippen LogP contribution in [0.4, 0.5) is 0 Å². The van der Waals surface area contributed by atoms with Crippen LogP contribution in [0, 0.1) is 0 Å². The normalized spacial score (nSPS) is 9.47. The second kappa shape index (κ2) is 6.85. The summed E-state index contributed by atoms with van der Waals surface area (Å²) >= 11 is 3.26. The highest BCUT2D eigenvalue weighted by Crippen LogP contribution is 2.25. The van der Waals surface area contributed by atoms with E-state index in [0.717, 1.165) is 6.29 Å². The van der Waals surface area contributed by atoms with Gasteiger partial charge in [0, 0.05) is 12.1 Å². The Morgan fingerprint density at radius 2 is 2.29 bits per heavy atom. The number of amides is 1. The zero-order chi connectivity index (χ0) is 12.7. The largest absolute Gasteiger partial charge is 0.483 e. The van der Waals surface area contributed by atoms with E-state index in [4.69, 9.17) is 4.74 Å². The standard InChI is InChI=1S/C12H12BrNO3/c1-2-5-14-12(16)8-17-11-4-3-9(7-15)6-10(11)13/h2-4,6-7H,1,5,8H2,(H,14,16). The lowest BCUT2D eigenvalue weighted by Gasteiger charge is -2.08. The van der Waals surface area contributed by atoms with Crippen molar-refractivity contribution >= 4 is 28.1 Å². The molecule has 0 heterocycles. The fraction of sp³-hybridized carbons (Fsp3) is 0.167. The monoisotopic (exact) mass is 297 g/mol. The maximum absolute atomic E-state index is 11.3. The molecule has 1 aromatic rings. The van der Waals surface area contributed by atoms with Crippen LogP contribution in [-0.2, 0) is 4.79 Å². The Morgan fingerprint density at radius 1 is 1.53 bits per heavy atom. The van der Waals surface area contributed by atoms with Gasteiger partial charge in [-0.25, -0.2) is 0 Å². The Bertz CT molecular complexity index is 432. The molecule has 5 heteroatoms. The van der Waals surface area contributed by atoms with Gasteiger partial charge in [0.15, 0.2) is 6.61 Å². The van der Waals surface area contributed by atoms with Crippen LogP contribution in [0.3, 0.4) is 0 Å². The van der Waals surface area contributed by atoms with Crippen molar-refractivity contribution in [2.75, 3.05) is 13.2 Å². The van der Waals surface area contributed by atoms with Gasteiger partial charge in [-0.05, 0) is 34.1 Å². The number of hydrogen-bond donors (Lipinski definition) is 1. The van der Waals surface area contributed by atoms with E-state index in [1.165, 1.54) is 0 Å². The van der Waals surface area contributed by atoms with Crippen molar-refractivity contribution in [1.29, 1.82) is 0 Å². The molecule has 0 saturated carbocycles. The molecule has 0 aliphatic heterocycles. The Balaban J connectivity index is 2.54. The molecule has 0 bridgehead atoms. The summed E-state index contributed by atoms with van der Waals surface area (Å²) in [7, 11) is 0. The maximum Gasteiger partial charge on any atom is 0.258 e. The van der Waals surface area contributed by atoms with Gasteiger partial charge in [-0.1, -0.05) is 6.08 Å². The van der Waals surface area contributed by atoms with E-state index in [0.29, 0.717) is 22.3 Å². The molecule has 0 aliphatic rings. The first-order chi connectivity index (χ1) is 8.17. The van der Waals surface area contributed by atoms with Crippen molar-refractivity contribution in [2.24, 2.45) is 0 Å².